The summed E-state index contributed by atoms with van der Waals surface area (Å²) in [5.41, 5.74) is 3.47. The van der Waals surface area contributed by atoms with Gasteiger partial charge in [0.05, 0.1) is 15.7 Å². The first-order chi connectivity index (χ1) is 11.0. The number of phenolic OH excluding ortho intramolecular Hbond substituents is 1. The van der Waals surface area contributed by atoms with E-state index in [0.29, 0.717) is 22.1 Å². The predicted molar refractivity (Wildman–Crippen MR) is 89.9 cm³/mol. The Balaban J connectivity index is 1.65. The highest BCUT2D eigenvalue weighted by Gasteiger charge is 2.40. The minimum Gasteiger partial charge on any atom is -0.505 e. The summed E-state index contributed by atoms with van der Waals surface area (Å²) >= 11 is 12.1. The van der Waals surface area contributed by atoms with Crippen molar-refractivity contribution in [3.63, 3.8) is 0 Å². The Morgan fingerprint density at radius 2 is 2.00 bits per heavy atom. The fourth-order valence-corrected chi connectivity index (χ4v) is 4.37. The van der Waals surface area contributed by atoms with Crippen LogP contribution in [0.15, 0.2) is 18.3 Å². The van der Waals surface area contributed by atoms with E-state index >= 15 is 0 Å². The molecule has 4 nitrogen and oxygen atoms in total. The number of fused-ring (bicyclic) bond motifs is 4. The van der Waals surface area contributed by atoms with E-state index < -0.39 is 0 Å². The molecule has 0 spiro atoms. The van der Waals surface area contributed by atoms with Crippen molar-refractivity contribution >= 4 is 23.2 Å². The zero-order valence-corrected chi connectivity index (χ0v) is 14.3. The molecule has 2 aliphatic rings. The molecule has 0 radical (unpaired) electrons. The van der Waals surface area contributed by atoms with E-state index in [4.69, 9.17) is 23.2 Å². The molecule has 2 aliphatic heterocycles. The van der Waals surface area contributed by atoms with E-state index in [1.165, 1.54) is 17.7 Å². The van der Waals surface area contributed by atoms with Gasteiger partial charge in [-0.2, -0.15) is 0 Å². The Morgan fingerprint density at radius 1 is 1.26 bits per heavy atom. The highest BCUT2D eigenvalue weighted by molar-refractivity contribution is 6.37. The monoisotopic (exact) mass is 349 g/mol. The van der Waals surface area contributed by atoms with Gasteiger partial charge in [0, 0.05) is 36.8 Å². The molecular weight excluding hydrogens is 333 g/mol. The maximum absolute atomic E-state index is 9.72. The van der Waals surface area contributed by atoms with Gasteiger partial charge in [0.15, 0.2) is 5.75 Å². The Hall–Kier alpha value is -1.36. The lowest BCUT2D eigenvalue weighted by molar-refractivity contribution is 0.166. The van der Waals surface area contributed by atoms with Gasteiger partial charge in [0.2, 0.25) is 0 Å². The van der Waals surface area contributed by atoms with Gasteiger partial charge in [0.1, 0.15) is 5.82 Å². The first kappa shape index (κ1) is 15.2. The number of halogens is 2. The first-order valence-electron chi connectivity index (χ1n) is 7.78. The van der Waals surface area contributed by atoms with E-state index in [9.17, 15) is 5.11 Å². The third kappa shape index (κ3) is 2.59. The van der Waals surface area contributed by atoms with Gasteiger partial charge in [-0.3, -0.25) is 4.90 Å². The third-order valence-corrected chi connectivity index (χ3v) is 5.47. The smallest absolute Gasteiger partial charge is 0.152 e. The second kappa shape index (κ2) is 5.62. The molecule has 0 aliphatic carbocycles. The SMILES string of the molecule is Cc1ncc2c(n1)C[C@H]1CC[C@@H]2N1Cc1cc(Cl)c(O)c(Cl)c1. The molecule has 120 valence electrons. The van der Waals surface area contributed by atoms with Crippen molar-refractivity contribution in [3.05, 3.63) is 51.0 Å². The molecule has 6 heteroatoms. The molecule has 2 atom stereocenters. The van der Waals surface area contributed by atoms with Crippen LogP contribution in [0.3, 0.4) is 0 Å². The molecular formula is C17H17Cl2N3O. The highest BCUT2D eigenvalue weighted by Crippen LogP contribution is 2.44. The van der Waals surface area contributed by atoms with Crippen LogP contribution in [-0.4, -0.2) is 26.0 Å². The van der Waals surface area contributed by atoms with Crippen molar-refractivity contribution < 1.29 is 5.11 Å². The first-order valence-corrected chi connectivity index (χ1v) is 8.53. The van der Waals surface area contributed by atoms with Gasteiger partial charge < -0.3 is 5.11 Å². The number of aromatic nitrogens is 2. The Kier molecular flexibility index (Phi) is 3.71. The average Bonchev–Trinajstić information content (AvgIpc) is 2.78. The highest BCUT2D eigenvalue weighted by atomic mass is 35.5. The van der Waals surface area contributed by atoms with Crippen molar-refractivity contribution in [2.45, 2.75) is 44.8 Å². The maximum atomic E-state index is 9.72. The van der Waals surface area contributed by atoms with Crippen molar-refractivity contribution in [1.29, 1.82) is 0 Å². The lowest BCUT2D eigenvalue weighted by atomic mass is 9.98. The lowest BCUT2D eigenvalue weighted by Crippen LogP contribution is -2.37. The molecule has 2 aromatic rings. The fraction of sp³-hybridized carbons (Fsp3) is 0.412. The molecule has 1 saturated heterocycles. The molecule has 0 unspecified atom stereocenters. The van der Waals surface area contributed by atoms with Crippen molar-refractivity contribution in [2.75, 3.05) is 0 Å². The van der Waals surface area contributed by atoms with Gasteiger partial charge in [-0.05, 0) is 37.5 Å². The topological polar surface area (TPSA) is 49.2 Å². The van der Waals surface area contributed by atoms with Crippen LogP contribution in [0.1, 0.15) is 41.5 Å². The normalized spacial score (nSPS) is 23.1. The molecule has 1 fully saturated rings. The van der Waals surface area contributed by atoms with Crippen LogP contribution in [0, 0.1) is 6.92 Å². The van der Waals surface area contributed by atoms with Gasteiger partial charge in [-0.1, -0.05) is 23.2 Å². The standard InChI is InChI=1S/C17H17Cl2N3O/c1-9-20-7-12-15(21-9)6-11-2-3-16(12)22(11)8-10-4-13(18)17(23)14(19)5-10/h4-5,7,11,16,23H,2-3,6,8H2,1H3/t11-,16+/m1/s1. The molecule has 4 rings (SSSR count). The van der Waals surface area contributed by atoms with E-state index in [-0.39, 0.29) is 5.75 Å². The van der Waals surface area contributed by atoms with Crippen LogP contribution >= 0.6 is 23.2 Å². The molecule has 3 heterocycles. The average molecular weight is 350 g/mol. The molecule has 1 aromatic carbocycles. The van der Waals surface area contributed by atoms with Gasteiger partial charge >= 0.3 is 0 Å². The van der Waals surface area contributed by atoms with E-state index in [0.717, 1.165) is 30.8 Å². The summed E-state index contributed by atoms with van der Waals surface area (Å²) < 4.78 is 0. The third-order valence-electron chi connectivity index (χ3n) is 4.89. The van der Waals surface area contributed by atoms with Crippen LogP contribution in [-0.2, 0) is 13.0 Å². The maximum Gasteiger partial charge on any atom is 0.152 e. The minimum atomic E-state index is -0.0482. The van der Waals surface area contributed by atoms with Gasteiger partial charge in [-0.25, -0.2) is 9.97 Å². The van der Waals surface area contributed by atoms with Crippen LogP contribution in [0.5, 0.6) is 5.75 Å². The number of rotatable bonds is 2. The minimum absolute atomic E-state index is 0.0482. The summed E-state index contributed by atoms with van der Waals surface area (Å²) in [7, 11) is 0. The largest absolute Gasteiger partial charge is 0.505 e. The predicted octanol–water partition coefficient (Wildman–Crippen LogP) is 4.06. The molecule has 1 aromatic heterocycles. The second-order valence-electron chi connectivity index (χ2n) is 6.35. The summed E-state index contributed by atoms with van der Waals surface area (Å²) in [6, 6.07) is 4.44. The zero-order valence-electron chi connectivity index (χ0n) is 12.8. The summed E-state index contributed by atoms with van der Waals surface area (Å²) in [5.74, 6) is 0.793. The zero-order chi connectivity index (χ0) is 16.1. The van der Waals surface area contributed by atoms with Crippen molar-refractivity contribution in [2.24, 2.45) is 0 Å². The van der Waals surface area contributed by atoms with Gasteiger partial charge in [0.25, 0.3) is 0 Å². The summed E-state index contributed by atoms with van der Waals surface area (Å²) in [6.45, 7) is 2.71. The lowest BCUT2D eigenvalue weighted by Gasteiger charge is -2.35. The number of aryl methyl sites for hydroxylation is 1. The molecule has 23 heavy (non-hydrogen) atoms. The Labute approximate surface area is 145 Å². The summed E-state index contributed by atoms with van der Waals surface area (Å²) in [4.78, 5) is 11.5. The number of benzene rings is 1. The Bertz CT molecular complexity index is 757. The molecule has 1 N–H and O–H groups in total. The molecule has 2 bridgehead atoms. The number of phenols is 1. The second-order valence-corrected chi connectivity index (χ2v) is 7.17. The number of hydrogen-bond acceptors (Lipinski definition) is 4. The Morgan fingerprint density at radius 3 is 2.74 bits per heavy atom. The quantitative estimate of drug-likeness (QED) is 0.887. The molecule has 0 saturated carbocycles. The van der Waals surface area contributed by atoms with E-state index in [1.54, 1.807) is 12.1 Å². The number of aromatic hydroxyl groups is 1. The van der Waals surface area contributed by atoms with Crippen LogP contribution in [0.25, 0.3) is 0 Å². The van der Waals surface area contributed by atoms with Gasteiger partial charge in [-0.15, -0.1) is 0 Å². The summed E-state index contributed by atoms with van der Waals surface area (Å²) in [5, 5.41) is 10.3. The van der Waals surface area contributed by atoms with Crippen LogP contribution in [0.4, 0.5) is 0 Å². The van der Waals surface area contributed by atoms with E-state index in [1.807, 2.05) is 13.1 Å². The van der Waals surface area contributed by atoms with Crippen LogP contribution < -0.4 is 0 Å². The van der Waals surface area contributed by atoms with Crippen molar-refractivity contribution in [3.8, 4) is 5.75 Å². The number of nitrogens with zero attached hydrogens (tertiary/aromatic N) is 3. The summed E-state index contributed by atoms with van der Waals surface area (Å²) in [6.07, 6.45) is 5.24. The van der Waals surface area contributed by atoms with E-state index in [2.05, 4.69) is 14.9 Å². The van der Waals surface area contributed by atoms with Crippen molar-refractivity contribution in [1.82, 2.24) is 14.9 Å². The fourth-order valence-electron chi connectivity index (χ4n) is 3.84. The molecule has 0 amide bonds. The number of hydrogen-bond donors (Lipinski definition) is 1. The van der Waals surface area contributed by atoms with Crippen LogP contribution in [0.2, 0.25) is 10.0 Å².